The van der Waals surface area contributed by atoms with Crippen LogP contribution in [0.3, 0.4) is 0 Å². The van der Waals surface area contributed by atoms with Gasteiger partial charge in [0.2, 0.25) is 5.43 Å². The number of aromatic amines is 1. The van der Waals surface area contributed by atoms with E-state index in [2.05, 4.69) is 21.4 Å². The first-order chi connectivity index (χ1) is 17.2. The van der Waals surface area contributed by atoms with Crippen LogP contribution in [0.2, 0.25) is 0 Å². The Hall–Kier alpha value is -4.71. The topological polar surface area (TPSA) is 83.8 Å². The van der Waals surface area contributed by atoms with E-state index in [-0.39, 0.29) is 5.43 Å². The molecule has 6 rings (SSSR count). The maximum Gasteiger partial charge on any atom is 0.214 e. The fourth-order valence-corrected chi connectivity index (χ4v) is 4.28. The van der Waals surface area contributed by atoms with E-state index in [0.29, 0.717) is 34.7 Å². The third kappa shape index (κ3) is 3.95. The normalized spacial score (nSPS) is 11.2. The van der Waals surface area contributed by atoms with Gasteiger partial charge in [-0.2, -0.15) is 0 Å². The summed E-state index contributed by atoms with van der Waals surface area (Å²) in [5.41, 5.74) is 5.34. The Morgan fingerprint density at radius 2 is 1.86 bits per heavy atom. The number of benzene rings is 2. The highest BCUT2D eigenvalue weighted by molar-refractivity contribution is 5.93. The van der Waals surface area contributed by atoms with Gasteiger partial charge in [-0.3, -0.25) is 9.78 Å². The summed E-state index contributed by atoms with van der Waals surface area (Å²) in [7, 11) is 0. The average molecular weight is 459 g/mol. The summed E-state index contributed by atoms with van der Waals surface area (Å²) in [4.78, 5) is 25.9. The molecule has 35 heavy (non-hydrogen) atoms. The van der Waals surface area contributed by atoms with Crippen molar-refractivity contribution >= 4 is 27.6 Å². The van der Waals surface area contributed by atoms with Crippen LogP contribution >= 0.6 is 0 Å². The number of H-pyrrole nitrogens is 1. The molecule has 4 aromatic heterocycles. The van der Waals surface area contributed by atoms with E-state index >= 15 is 0 Å². The van der Waals surface area contributed by atoms with Gasteiger partial charge in [0.15, 0.2) is 5.76 Å². The Balaban J connectivity index is 1.51. The highest BCUT2D eigenvalue weighted by Crippen LogP contribution is 2.34. The number of anilines is 1. The molecule has 0 amide bonds. The molecule has 0 bridgehead atoms. The molecule has 2 N–H and O–H groups in total. The molecule has 0 aliphatic rings. The van der Waals surface area contributed by atoms with Crippen LogP contribution in [0, 0.1) is 6.92 Å². The molecule has 6 nitrogen and oxygen atoms in total. The number of aromatic nitrogens is 3. The van der Waals surface area contributed by atoms with Crippen LogP contribution in [0.15, 0.2) is 100 Å². The lowest BCUT2D eigenvalue weighted by Crippen LogP contribution is -2.13. The first kappa shape index (κ1) is 20.9. The molecule has 0 atom stereocenters. The van der Waals surface area contributed by atoms with Crippen molar-refractivity contribution in [2.45, 2.75) is 13.5 Å². The minimum Gasteiger partial charge on any atom is -0.460 e. The van der Waals surface area contributed by atoms with Gasteiger partial charge in [0.1, 0.15) is 17.1 Å². The Labute approximate surface area is 201 Å². The van der Waals surface area contributed by atoms with Crippen LogP contribution in [0.25, 0.3) is 44.5 Å². The van der Waals surface area contributed by atoms with Crippen LogP contribution in [0.4, 0.5) is 5.69 Å². The van der Waals surface area contributed by atoms with Crippen LogP contribution in [-0.2, 0) is 6.54 Å². The molecule has 170 valence electrons. The monoisotopic (exact) mass is 458 g/mol. The number of aryl methyl sites for hydroxylation is 1. The second kappa shape index (κ2) is 8.57. The Morgan fingerprint density at radius 3 is 2.69 bits per heavy atom. The first-order valence-electron chi connectivity index (χ1n) is 11.4. The van der Waals surface area contributed by atoms with Gasteiger partial charge in [0.25, 0.3) is 0 Å². The number of rotatable bonds is 5. The first-order valence-corrected chi connectivity index (χ1v) is 11.4. The molecule has 6 aromatic rings. The van der Waals surface area contributed by atoms with Crippen molar-refractivity contribution in [2.75, 3.05) is 5.32 Å². The lowest BCUT2D eigenvalue weighted by molar-refractivity contribution is 0.547. The Morgan fingerprint density at radius 1 is 0.971 bits per heavy atom. The van der Waals surface area contributed by atoms with Crippen molar-refractivity contribution in [1.29, 1.82) is 0 Å². The number of hydrogen-bond donors (Lipinski definition) is 2. The van der Waals surface area contributed by atoms with Crippen molar-refractivity contribution in [3.63, 3.8) is 0 Å². The Bertz CT molecular complexity index is 1740. The van der Waals surface area contributed by atoms with E-state index < -0.39 is 0 Å². The fourth-order valence-electron chi connectivity index (χ4n) is 4.28. The number of furan rings is 1. The maximum atomic E-state index is 13.4. The van der Waals surface area contributed by atoms with Crippen LogP contribution in [-0.4, -0.2) is 15.0 Å². The van der Waals surface area contributed by atoms with Crippen molar-refractivity contribution in [2.24, 2.45) is 0 Å². The van der Waals surface area contributed by atoms with E-state index in [0.717, 1.165) is 33.4 Å². The lowest BCUT2D eigenvalue weighted by atomic mass is 9.99. The number of fused-ring (bicyclic) bond motifs is 2. The molecule has 0 radical (unpaired) electrons. The lowest BCUT2D eigenvalue weighted by Gasteiger charge is -2.12. The van der Waals surface area contributed by atoms with Gasteiger partial charge >= 0.3 is 0 Å². The summed E-state index contributed by atoms with van der Waals surface area (Å²) in [5.74, 6) is 1.45. The third-order valence-electron chi connectivity index (χ3n) is 6.08. The largest absolute Gasteiger partial charge is 0.460 e. The van der Waals surface area contributed by atoms with Gasteiger partial charge < -0.3 is 14.7 Å². The molecule has 2 aromatic carbocycles. The molecule has 0 spiro atoms. The smallest absolute Gasteiger partial charge is 0.214 e. The summed E-state index contributed by atoms with van der Waals surface area (Å²) >= 11 is 0. The summed E-state index contributed by atoms with van der Waals surface area (Å²) in [6.07, 6.45) is 3.46. The molecule has 0 saturated carbocycles. The third-order valence-corrected chi connectivity index (χ3v) is 6.08. The van der Waals surface area contributed by atoms with Gasteiger partial charge in [-0.05, 0) is 54.4 Å². The van der Waals surface area contributed by atoms with Crippen LogP contribution < -0.4 is 10.7 Å². The van der Waals surface area contributed by atoms with Gasteiger partial charge in [-0.25, -0.2) is 4.98 Å². The average Bonchev–Trinajstić information content (AvgIpc) is 3.34. The van der Waals surface area contributed by atoms with E-state index in [1.807, 2.05) is 79.7 Å². The van der Waals surface area contributed by atoms with Gasteiger partial charge in [-0.15, -0.1) is 0 Å². The highest BCUT2D eigenvalue weighted by Gasteiger charge is 2.17. The predicted molar refractivity (Wildman–Crippen MR) is 139 cm³/mol. The molecule has 0 aliphatic carbocycles. The Kier molecular flexibility index (Phi) is 5.11. The summed E-state index contributed by atoms with van der Waals surface area (Å²) in [6, 6.07) is 25.7. The van der Waals surface area contributed by atoms with E-state index in [4.69, 9.17) is 9.40 Å². The van der Waals surface area contributed by atoms with E-state index in [1.165, 1.54) is 0 Å². The fraction of sp³-hybridized carbons (Fsp3) is 0.0690. The molecule has 0 aliphatic heterocycles. The van der Waals surface area contributed by atoms with E-state index in [1.54, 1.807) is 12.4 Å². The zero-order chi connectivity index (χ0) is 23.8. The maximum absolute atomic E-state index is 13.4. The molecule has 4 heterocycles. The van der Waals surface area contributed by atoms with Gasteiger partial charge in [0.05, 0.1) is 16.6 Å². The molecule has 0 fully saturated rings. The van der Waals surface area contributed by atoms with Crippen molar-refractivity contribution in [1.82, 2.24) is 15.0 Å². The summed E-state index contributed by atoms with van der Waals surface area (Å²) < 4.78 is 5.93. The van der Waals surface area contributed by atoms with Crippen molar-refractivity contribution < 1.29 is 4.42 Å². The highest BCUT2D eigenvalue weighted by atomic mass is 16.3. The summed E-state index contributed by atoms with van der Waals surface area (Å²) in [5, 5.41) is 4.78. The number of nitrogens with one attached hydrogen (secondary N) is 2. The van der Waals surface area contributed by atoms with Gasteiger partial charge in [0, 0.05) is 29.9 Å². The SMILES string of the molecule is Cc1ccc(-c2nc3[nH]cc(NCc4ccccc4)c(=O)c3cc2-c2ccc3ncccc3c2)o1. The van der Waals surface area contributed by atoms with Crippen molar-refractivity contribution in [3.8, 4) is 22.6 Å². The van der Waals surface area contributed by atoms with Crippen LogP contribution in [0.5, 0.6) is 0 Å². The van der Waals surface area contributed by atoms with Gasteiger partial charge in [-0.1, -0.05) is 42.5 Å². The number of nitrogens with zero attached hydrogens (tertiary/aromatic N) is 2. The second-order valence-electron chi connectivity index (χ2n) is 8.47. The summed E-state index contributed by atoms with van der Waals surface area (Å²) in [6.45, 7) is 2.45. The quantitative estimate of drug-likeness (QED) is 0.316. The molecule has 0 saturated heterocycles. The predicted octanol–water partition coefficient (Wildman–Crippen LogP) is 6.32. The minimum absolute atomic E-state index is 0.104. The molecular weight excluding hydrogens is 436 g/mol. The number of hydrogen-bond acceptors (Lipinski definition) is 5. The molecule has 6 heteroatoms. The molecular formula is C29H22N4O2. The molecule has 0 unspecified atom stereocenters. The van der Waals surface area contributed by atoms with E-state index in [9.17, 15) is 4.79 Å². The zero-order valence-electron chi connectivity index (χ0n) is 19.1. The second-order valence-corrected chi connectivity index (χ2v) is 8.47. The number of pyridine rings is 3. The standard InChI is InChI=1S/C29H22N4O2/c1-18-9-12-26(35-18)27-22(20-10-11-24-21(14-20)8-5-13-30-24)15-23-28(34)25(17-32-29(23)33-27)31-16-19-6-3-2-4-7-19/h2-15,17,31H,16H2,1H3,(H,32,33,34). The minimum atomic E-state index is -0.104. The van der Waals surface area contributed by atoms with Crippen LogP contribution in [0.1, 0.15) is 11.3 Å². The zero-order valence-corrected chi connectivity index (χ0v) is 19.1. The van der Waals surface area contributed by atoms with Crippen molar-refractivity contribution in [3.05, 3.63) is 113 Å².